The number of aromatic nitrogens is 2. The van der Waals surface area contributed by atoms with Crippen LogP contribution in [0.4, 0.5) is 4.39 Å². The van der Waals surface area contributed by atoms with Gasteiger partial charge in [-0.15, -0.1) is 0 Å². The quantitative estimate of drug-likeness (QED) is 0.397. The lowest BCUT2D eigenvalue weighted by Gasteiger charge is -2.39. The summed E-state index contributed by atoms with van der Waals surface area (Å²) >= 11 is 5.78. The van der Waals surface area contributed by atoms with Crippen molar-refractivity contribution >= 4 is 22.6 Å². The van der Waals surface area contributed by atoms with Crippen molar-refractivity contribution in [2.45, 2.75) is 32.0 Å². The number of hydrogen-bond donors (Lipinski definition) is 0. The van der Waals surface area contributed by atoms with Gasteiger partial charge in [-0.3, -0.25) is 0 Å². The van der Waals surface area contributed by atoms with Crippen molar-refractivity contribution < 1.29 is 18.3 Å². The summed E-state index contributed by atoms with van der Waals surface area (Å²) in [6.45, 7) is 3.84. The molecule has 0 spiro atoms. The van der Waals surface area contributed by atoms with E-state index in [4.69, 9.17) is 25.5 Å². The van der Waals surface area contributed by atoms with E-state index in [1.54, 1.807) is 24.3 Å². The van der Waals surface area contributed by atoms with E-state index < -0.39 is 17.0 Å². The molecule has 0 fully saturated rings. The maximum absolute atomic E-state index is 13.9. The normalized spacial score (nSPS) is 16.9. The SMILES string of the molecule is CC1(C)Oc2cc3oc(=O)ccc3cc2C[C@@H]1Oc1cc(-c2ccc(Cl)c(F)c2)ncn1. The zero-order chi connectivity index (χ0) is 22.5. The highest BCUT2D eigenvalue weighted by atomic mass is 35.5. The van der Waals surface area contributed by atoms with Crippen LogP contribution in [0.1, 0.15) is 19.4 Å². The predicted molar refractivity (Wildman–Crippen MR) is 118 cm³/mol. The number of ether oxygens (including phenoxy) is 2. The van der Waals surface area contributed by atoms with Crippen molar-refractivity contribution in [3.63, 3.8) is 0 Å². The molecular formula is C24H18ClFN2O4. The Balaban J connectivity index is 1.45. The standard InChI is InChI=1S/C24H18ClFN2O4/c1-24(2)21(9-15-7-14-4-6-23(29)30-19(14)11-20(15)32-24)31-22-10-18(27-12-28-22)13-3-5-16(25)17(26)8-13/h3-8,10-12,21H,9H2,1-2H3/t21-/m0/s1. The number of hydrogen-bond acceptors (Lipinski definition) is 6. The number of fused-ring (bicyclic) bond motifs is 2. The third-order valence-electron chi connectivity index (χ3n) is 5.48. The minimum atomic E-state index is -0.687. The van der Waals surface area contributed by atoms with E-state index in [2.05, 4.69) is 9.97 Å². The van der Waals surface area contributed by atoms with Crippen LogP contribution in [0.25, 0.3) is 22.2 Å². The number of nitrogens with zero attached hydrogens (tertiary/aromatic N) is 2. The zero-order valence-electron chi connectivity index (χ0n) is 17.3. The van der Waals surface area contributed by atoms with E-state index in [0.717, 1.165) is 10.9 Å². The molecule has 1 atom stereocenters. The molecule has 32 heavy (non-hydrogen) atoms. The van der Waals surface area contributed by atoms with Crippen LogP contribution in [0.3, 0.4) is 0 Å². The van der Waals surface area contributed by atoms with Gasteiger partial charge in [0.1, 0.15) is 35.2 Å². The summed E-state index contributed by atoms with van der Waals surface area (Å²) in [5.74, 6) is 0.478. The van der Waals surface area contributed by atoms with Gasteiger partial charge >= 0.3 is 5.63 Å². The van der Waals surface area contributed by atoms with Gasteiger partial charge in [-0.05, 0) is 43.7 Å². The number of rotatable bonds is 3. The molecule has 0 radical (unpaired) electrons. The summed E-state index contributed by atoms with van der Waals surface area (Å²) < 4.78 is 31.5. The van der Waals surface area contributed by atoms with Crippen LogP contribution in [-0.4, -0.2) is 21.7 Å². The highest BCUT2D eigenvalue weighted by molar-refractivity contribution is 6.30. The van der Waals surface area contributed by atoms with Crippen LogP contribution in [0.15, 0.2) is 64.1 Å². The van der Waals surface area contributed by atoms with Crippen molar-refractivity contribution in [3.05, 3.63) is 81.7 Å². The van der Waals surface area contributed by atoms with Gasteiger partial charge in [-0.25, -0.2) is 19.2 Å². The first-order chi connectivity index (χ1) is 15.3. The number of halogens is 2. The molecule has 1 aliphatic rings. The second-order valence-corrected chi connectivity index (χ2v) is 8.55. The van der Waals surface area contributed by atoms with Gasteiger partial charge in [0.25, 0.3) is 0 Å². The smallest absolute Gasteiger partial charge is 0.336 e. The van der Waals surface area contributed by atoms with Gasteiger partial charge in [-0.2, -0.15) is 0 Å². The molecule has 0 N–H and O–H groups in total. The molecule has 2 aromatic carbocycles. The Kier molecular flexibility index (Phi) is 4.86. The van der Waals surface area contributed by atoms with Crippen molar-refractivity contribution in [2.24, 2.45) is 0 Å². The first-order valence-corrected chi connectivity index (χ1v) is 10.4. The van der Waals surface area contributed by atoms with Gasteiger partial charge in [-0.1, -0.05) is 17.7 Å². The first kappa shape index (κ1) is 20.5. The molecule has 162 valence electrons. The zero-order valence-corrected chi connectivity index (χ0v) is 18.0. The monoisotopic (exact) mass is 452 g/mol. The molecule has 0 amide bonds. The Labute approximate surface area is 187 Å². The van der Waals surface area contributed by atoms with E-state index >= 15 is 0 Å². The minimum absolute atomic E-state index is 0.0471. The van der Waals surface area contributed by atoms with Gasteiger partial charge in [0, 0.05) is 35.6 Å². The maximum atomic E-state index is 13.9. The van der Waals surface area contributed by atoms with Gasteiger partial charge in [0.05, 0.1) is 10.7 Å². The fourth-order valence-corrected chi connectivity index (χ4v) is 3.86. The summed E-state index contributed by atoms with van der Waals surface area (Å²) in [5.41, 5.74) is 1.39. The summed E-state index contributed by atoms with van der Waals surface area (Å²) in [7, 11) is 0. The second kappa shape index (κ2) is 7.60. The molecule has 8 heteroatoms. The van der Waals surface area contributed by atoms with Crippen molar-refractivity contribution in [1.29, 1.82) is 0 Å². The van der Waals surface area contributed by atoms with Gasteiger partial charge < -0.3 is 13.9 Å². The Bertz CT molecular complexity index is 1400. The summed E-state index contributed by atoms with van der Waals surface area (Å²) in [6, 6.07) is 12.9. The van der Waals surface area contributed by atoms with E-state index in [0.29, 0.717) is 34.9 Å². The molecule has 6 nitrogen and oxygen atoms in total. The van der Waals surface area contributed by atoms with E-state index in [9.17, 15) is 9.18 Å². The third-order valence-corrected chi connectivity index (χ3v) is 5.78. The lowest BCUT2D eigenvalue weighted by atomic mass is 9.90. The molecule has 0 aliphatic carbocycles. The van der Waals surface area contributed by atoms with Crippen LogP contribution in [-0.2, 0) is 6.42 Å². The third kappa shape index (κ3) is 3.80. The summed E-state index contributed by atoms with van der Waals surface area (Å²) in [4.78, 5) is 20.0. The average Bonchev–Trinajstić information content (AvgIpc) is 2.75. The molecular weight excluding hydrogens is 435 g/mol. The maximum Gasteiger partial charge on any atom is 0.336 e. The molecule has 4 aromatic rings. The summed E-state index contributed by atoms with van der Waals surface area (Å²) in [5, 5.41) is 0.852. The first-order valence-electron chi connectivity index (χ1n) is 9.98. The summed E-state index contributed by atoms with van der Waals surface area (Å²) in [6.07, 6.45) is 1.58. The largest absolute Gasteiger partial charge is 0.484 e. The van der Waals surface area contributed by atoms with Gasteiger partial charge in [0.2, 0.25) is 5.88 Å². The molecule has 0 saturated carbocycles. The van der Waals surface area contributed by atoms with Crippen molar-refractivity contribution in [1.82, 2.24) is 9.97 Å². The molecule has 0 unspecified atom stereocenters. The average molecular weight is 453 g/mol. The van der Waals surface area contributed by atoms with E-state index in [-0.39, 0.29) is 11.1 Å². The van der Waals surface area contributed by atoms with Crippen molar-refractivity contribution in [2.75, 3.05) is 0 Å². The predicted octanol–water partition coefficient (Wildman–Crippen LogP) is 5.20. The fraction of sp³-hybridized carbons (Fsp3) is 0.208. The molecule has 3 heterocycles. The molecule has 1 aliphatic heterocycles. The van der Waals surface area contributed by atoms with Crippen LogP contribution in [0, 0.1) is 5.82 Å². The molecule has 0 bridgehead atoms. The fourth-order valence-electron chi connectivity index (χ4n) is 3.74. The second-order valence-electron chi connectivity index (χ2n) is 8.14. The molecule has 2 aromatic heterocycles. The van der Waals surface area contributed by atoms with Crippen LogP contribution >= 0.6 is 11.6 Å². The number of benzene rings is 2. The van der Waals surface area contributed by atoms with Gasteiger partial charge in [0.15, 0.2) is 0 Å². The Morgan fingerprint density at radius 3 is 2.78 bits per heavy atom. The Morgan fingerprint density at radius 1 is 1.12 bits per heavy atom. The molecule has 0 saturated heterocycles. The topological polar surface area (TPSA) is 74.5 Å². The van der Waals surface area contributed by atoms with E-state index in [1.807, 2.05) is 19.9 Å². The van der Waals surface area contributed by atoms with E-state index in [1.165, 1.54) is 24.5 Å². The highest BCUT2D eigenvalue weighted by Crippen LogP contribution is 2.37. The van der Waals surface area contributed by atoms with Crippen LogP contribution < -0.4 is 15.1 Å². The Morgan fingerprint density at radius 2 is 1.97 bits per heavy atom. The minimum Gasteiger partial charge on any atom is -0.484 e. The Hall–Kier alpha value is -3.45. The van der Waals surface area contributed by atoms with Crippen LogP contribution in [0.5, 0.6) is 11.6 Å². The lowest BCUT2D eigenvalue weighted by molar-refractivity contribution is -0.0287. The lowest BCUT2D eigenvalue weighted by Crippen LogP contribution is -2.49. The van der Waals surface area contributed by atoms with Crippen molar-refractivity contribution in [3.8, 4) is 22.9 Å². The van der Waals surface area contributed by atoms with Crippen LogP contribution in [0.2, 0.25) is 5.02 Å². The molecule has 5 rings (SSSR count). The highest BCUT2D eigenvalue weighted by Gasteiger charge is 2.39.